The minimum Gasteiger partial charge on any atom is -0.370 e. The van der Waals surface area contributed by atoms with Gasteiger partial charge in [-0.2, -0.15) is 0 Å². The molecule has 1 aromatic heterocycles. The van der Waals surface area contributed by atoms with Gasteiger partial charge in [-0.05, 0) is 37.5 Å². The monoisotopic (exact) mass is 274 g/mol. The first kappa shape index (κ1) is 13.7. The molecule has 4 heteroatoms. The van der Waals surface area contributed by atoms with Crippen molar-refractivity contribution in [1.82, 2.24) is 9.97 Å². The summed E-state index contributed by atoms with van der Waals surface area (Å²) in [6.45, 7) is 6.61. The number of hydrogen-bond acceptors (Lipinski definition) is 4. The van der Waals surface area contributed by atoms with E-state index in [1.165, 1.54) is 19.3 Å². The average Bonchev–Trinajstić information content (AvgIpc) is 3.34. The molecule has 1 aromatic rings. The van der Waals surface area contributed by atoms with Crippen LogP contribution in [0.25, 0.3) is 0 Å². The van der Waals surface area contributed by atoms with Crippen LogP contribution in [0.1, 0.15) is 51.3 Å². The quantitative estimate of drug-likeness (QED) is 0.828. The molecule has 0 bridgehead atoms. The molecule has 2 aliphatic rings. The third kappa shape index (κ3) is 3.22. The third-order valence-corrected chi connectivity index (χ3v) is 4.40. The highest BCUT2D eigenvalue weighted by Crippen LogP contribution is 2.40. The summed E-state index contributed by atoms with van der Waals surface area (Å²) in [6, 6.07) is 2.11. The van der Waals surface area contributed by atoms with Gasteiger partial charge >= 0.3 is 0 Å². The SMILES string of the molecule is CCCNc1cc(N(C)CC2CC2C)nc(C2CC2)n1. The van der Waals surface area contributed by atoms with Gasteiger partial charge in [0.1, 0.15) is 17.5 Å². The summed E-state index contributed by atoms with van der Waals surface area (Å²) in [5.41, 5.74) is 0. The van der Waals surface area contributed by atoms with E-state index in [0.29, 0.717) is 5.92 Å². The molecule has 0 spiro atoms. The number of hydrogen-bond donors (Lipinski definition) is 1. The smallest absolute Gasteiger partial charge is 0.136 e. The van der Waals surface area contributed by atoms with Crippen molar-refractivity contribution >= 4 is 11.6 Å². The second kappa shape index (κ2) is 5.58. The second-order valence-electron chi connectivity index (χ2n) is 6.52. The maximum atomic E-state index is 4.78. The highest BCUT2D eigenvalue weighted by atomic mass is 15.2. The van der Waals surface area contributed by atoms with Crippen molar-refractivity contribution in [2.24, 2.45) is 11.8 Å². The summed E-state index contributed by atoms with van der Waals surface area (Å²) in [7, 11) is 2.16. The topological polar surface area (TPSA) is 41.0 Å². The van der Waals surface area contributed by atoms with Gasteiger partial charge in [-0.15, -0.1) is 0 Å². The van der Waals surface area contributed by atoms with Crippen LogP contribution < -0.4 is 10.2 Å². The third-order valence-electron chi connectivity index (χ3n) is 4.40. The van der Waals surface area contributed by atoms with Crippen LogP contribution >= 0.6 is 0 Å². The van der Waals surface area contributed by atoms with Gasteiger partial charge in [0.05, 0.1) is 0 Å². The summed E-state index contributed by atoms with van der Waals surface area (Å²) in [6.07, 6.45) is 4.99. The molecule has 2 fully saturated rings. The fourth-order valence-corrected chi connectivity index (χ4v) is 2.61. The summed E-state index contributed by atoms with van der Waals surface area (Å²) in [5, 5.41) is 3.41. The molecule has 2 aliphatic carbocycles. The highest BCUT2D eigenvalue weighted by Gasteiger charge is 2.34. The lowest BCUT2D eigenvalue weighted by molar-refractivity contribution is 0.715. The number of nitrogens with zero attached hydrogens (tertiary/aromatic N) is 3. The Morgan fingerprint density at radius 3 is 2.70 bits per heavy atom. The van der Waals surface area contributed by atoms with Crippen molar-refractivity contribution in [3.05, 3.63) is 11.9 Å². The first-order valence-electron chi connectivity index (χ1n) is 8.01. The Morgan fingerprint density at radius 2 is 2.10 bits per heavy atom. The molecular weight excluding hydrogens is 248 g/mol. The van der Waals surface area contributed by atoms with E-state index < -0.39 is 0 Å². The van der Waals surface area contributed by atoms with Crippen molar-refractivity contribution in [2.45, 2.75) is 45.4 Å². The van der Waals surface area contributed by atoms with Gasteiger partial charge in [-0.25, -0.2) is 9.97 Å². The zero-order valence-electron chi connectivity index (χ0n) is 12.9. The van der Waals surface area contributed by atoms with Crippen LogP contribution in [0.4, 0.5) is 11.6 Å². The van der Waals surface area contributed by atoms with E-state index in [9.17, 15) is 0 Å². The van der Waals surface area contributed by atoms with Gasteiger partial charge in [-0.1, -0.05) is 13.8 Å². The summed E-state index contributed by atoms with van der Waals surface area (Å²) in [5.74, 6) is 5.46. The molecule has 0 aliphatic heterocycles. The first-order valence-corrected chi connectivity index (χ1v) is 8.01. The minimum absolute atomic E-state index is 0.602. The lowest BCUT2D eigenvalue weighted by Gasteiger charge is -2.20. The number of aromatic nitrogens is 2. The molecule has 0 saturated heterocycles. The normalized spacial score (nSPS) is 24.6. The number of anilines is 2. The molecular formula is C16H26N4. The van der Waals surface area contributed by atoms with Crippen LogP contribution in [-0.4, -0.2) is 30.1 Å². The summed E-state index contributed by atoms with van der Waals surface area (Å²) >= 11 is 0. The lowest BCUT2D eigenvalue weighted by Crippen LogP contribution is -2.22. The Hall–Kier alpha value is -1.32. The van der Waals surface area contributed by atoms with E-state index in [1.54, 1.807) is 0 Å². The maximum absolute atomic E-state index is 4.78. The minimum atomic E-state index is 0.602. The maximum Gasteiger partial charge on any atom is 0.136 e. The Kier molecular flexibility index (Phi) is 3.81. The van der Waals surface area contributed by atoms with Crippen LogP contribution in [0.15, 0.2) is 6.07 Å². The van der Waals surface area contributed by atoms with Gasteiger partial charge in [0.25, 0.3) is 0 Å². The molecule has 2 atom stereocenters. The molecule has 3 rings (SSSR count). The van der Waals surface area contributed by atoms with E-state index in [0.717, 1.165) is 48.8 Å². The predicted molar refractivity (Wildman–Crippen MR) is 83.3 cm³/mol. The number of rotatable bonds is 7. The van der Waals surface area contributed by atoms with Gasteiger partial charge in [0, 0.05) is 32.1 Å². The van der Waals surface area contributed by atoms with Crippen molar-refractivity contribution in [1.29, 1.82) is 0 Å². The number of nitrogens with one attached hydrogen (secondary N) is 1. The molecule has 20 heavy (non-hydrogen) atoms. The van der Waals surface area contributed by atoms with E-state index in [4.69, 9.17) is 4.98 Å². The van der Waals surface area contributed by atoms with E-state index >= 15 is 0 Å². The summed E-state index contributed by atoms with van der Waals surface area (Å²) < 4.78 is 0. The van der Waals surface area contributed by atoms with Gasteiger partial charge in [0.15, 0.2) is 0 Å². The van der Waals surface area contributed by atoms with Crippen LogP contribution in [0.5, 0.6) is 0 Å². The van der Waals surface area contributed by atoms with Crippen molar-refractivity contribution < 1.29 is 0 Å². The van der Waals surface area contributed by atoms with Crippen molar-refractivity contribution in [2.75, 3.05) is 30.4 Å². The Balaban J connectivity index is 1.75. The molecule has 0 amide bonds. The molecule has 1 heterocycles. The van der Waals surface area contributed by atoms with E-state index in [1.807, 2.05) is 0 Å². The molecule has 0 aromatic carbocycles. The van der Waals surface area contributed by atoms with Crippen LogP contribution in [0.3, 0.4) is 0 Å². The fourth-order valence-electron chi connectivity index (χ4n) is 2.61. The van der Waals surface area contributed by atoms with E-state index in [-0.39, 0.29) is 0 Å². The lowest BCUT2D eigenvalue weighted by atomic mass is 10.3. The molecule has 2 saturated carbocycles. The zero-order valence-corrected chi connectivity index (χ0v) is 12.9. The molecule has 0 radical (unpaired) electrons. The zero-order chi connectivity index (χ0) is 14.1. The largest absolute Gasteiger partial charge is 0.370 e. The van der Waals surface area contributed by atoms with Crippen LogP contribution in [0, 0.1) is 11.8 Å². The second-order valence-corrected chi connectivity index (χ2v) is 6.52. The van der Waals surface area contributed by atoms with Crippen LogP contribution in [-0.2, 0) is 0 Å². The molecule has 110 valence electrons. The average molecular weight is 274 g/mol. The Bertz CT molecular complexity index is 470. The highest BCUT2D eigenvalue weighted by molar-refractivity contribution is 5.49. The standard InChI is InChI=1S/C16H26N4/c1-4-7-17-14-9-15(19-16(18-14)12-5-6-12)20(3)10-13-8-11(13)2/h9,11-13H,4-8,10H2,1-3H3,(H,17,18,19). The Labute approximate surface area is 122 Å². The molecule has 2 unspecified atom stereocenters. The molecule has 1 N–H and O–H groups in total. The van der Waals surface area contributed by atoms with Gasteiger partial charge in [-0.3, -0.25) is 0 Å². The first-order chi connectivity index (χ1) is 9.67. The molecule has 4 nitrogen and oxygen atoms in total. The fraction of sp³-hybridized carbons (Fsp3) is 0.750. The predicted octanol–water partition coefficient (Wildman–Crippen LogP) is 3.27. The van der Waals surface area contributed by atoms with Gasteiger partial charge in [0.2, 0.25) is 0 Å². The van der Waals surface area contributed by atoms with Crippen molar-refractivity contribution in [3.8, 4) is 0 Å². The Morgan fingerprint density at radius 1 is 1.35 bits per heavy atom. The van der Waals surface area contributed by atoms with Crippen LogP contribution in [0.2, 0.25) is 0 Å². The van der Waals surface area contributed by atoms with Gasteiger partial charge < -0.3 is 10.2 Å². The summed E-state index contributed by atoms with van der Waals surface area (Å²) in [4.78, 5) is 11.8. The van der Waals surface area contributed by atoms with E-state index in [2.05, 4.69) is 42.2 Å². The van der Waals surface area contributed by atoms with Crippen molar-refractivity contribution in [3.63, 3.8) is 0 Å².